The molecular weight excluding hydrogens is 352 g/mol. The molecule has 1 N–H and O–H groups in total. The Hall–Kier alpha value is -3.00. The van der Waals surface area contributed by atoms with Gasteiger partial charge in [0.05, 0.1) is 12.2 Å². The van der Waals surface area contributed by atoms with Crippen LogP contribution >= 0.6 is 11.3 Å². The number of nitrogens with one attached hydrogen (secondary N) is 1. The molecule has 1 atom stereocenters. The fourth-order valence-electron chi connectivity index (χ4n) is 3.18. The molecule has 3 aromatic heterocycles. The third-order valence-corrected chi connectivity index (χ3v) is 5.63. The number of hydrogen-bond donors (Lipinski definition) is 1. The van der Waals surface area contributed by atoms with Gasteiger partial charge >= 0.3 is 6.03 Å². The first-order valence-corrected chi connectivity index (χ1v) is 8.94. The second-order valence-corrected chi connectivity index (χ2v) is 7.32. The predicted octanol–water partition coefficient (Wildman–Crippen LogP) is 2.03. The molecule has 0 bridgehead atoms. The van der Waals surface area contributed by atoms with E-state index in [1.54, 1.807) is 13.0 Å². The molecule has 1 fully saturated rings. The van der Waals surface area contributed by atoms with Crippen molar-refractivity contribution >= 4 is 28.9 Å². The highest BCUT2D eigenvalue weighted by Gasteiger charge is 2.49. The van der Waals surface area contributed by atoms with Crippen LogP contribution < -0.4 is 10.9 Å². The lowest BCUT2D eigenvalue weighted by Gasteiger charge is -2.20. The Morgan fingerprint density at radius 2 is 2.00 bits per heavy atom. The summed E-state index contributed by atoms with van der Waals surface area (Å²) in [5.74, 6) is -0.351. The van der Waals surface area contributed by atoms with Gasteiger partial charge in [-0.1, -0.05) is 12.1 Å². The van der Waals surface area contributed by atoms with E-state index >= 15 is 0 Å². The highest BCUT2D eigenvalue weighted by Crippen LogP contribution is 2.32. The number of carbonyl (C=O) groups excluding carboxylic acids is 2. The van der Waals surface area contributed by atoms with E-state index < -0.39 is 11.6 Å². The average Bonchev–Trinajstić information content (AvgIpc) is 3.19. The summed E-state index contributed by atoms with van der Waals surface area (Å²) in [5, 5.41) is 4.61. The molecule has 26 heavy (non-hydrogen) atoms. The van der Waals surface area contributed by atoms with Gasteiger partial charge in [-0.25, -0.2) is 9.78 Å². The molecule has 4 rings (SSSR count). The van der Waals surface area contributed by atoms with Gasteiger partial charge in [-0.15, -0.1) is 11.3 Å². The first-order valence-electron chi connectivity index (χ1n) is 8.06. The Bertz CT molecular complexity index is 1090. The second-order valence-electron chi connectivity index (χ2n) is 6.37. The summed E-state index contributed by atoms with van der Waals surface area (Å²) in [4.78, 5) is 44.0. The van der Waals surface area contributed by atoms with Gasteiger partial charge in [0.15, 0.2) is 5.54 Å². The lowest BCUT2D eigenvalue weighted by Crippen LogP contribution is -2.40. The molecular formula is C18H16N4O3S. The SMILES string of the molecule is Cc1cccc2nc(CN3C(=O)NC(C)(c4cccs4)C3=O)cc(=O)n12. The van der Waals surface area contributed by atoms with Gasteiger partial charge in [0.25, 0.3) is 11.5 Å². The minimum atomic E-state index is -1.09. The van der Waals surface area contributed by atoms with Crippen molar-refractivity contribution < 1.29 is 9.59 Å². The van der Waals surface area contributed by atoms with Gasteiger partial charge in [0.1, 0.15) is 5.65 Å². The zero-order chi connectivity index (χ0) is 18.5. The summed E-state index contributed by atoms with van der Waals surface area (Å²) < 4.78 is 1.49. The zero-order valence-corrected chi connectivity index (χ0v) is 15.0. The molecule has 4 heterocycles. The third kappa shape index (κ3) is 2.41. The maximum absolute atomic E-state index is 12.9. The average molecular weight is 368 g/mol. The minimum Gasteiger partial charge on any atom is -0.319 e. The first kappa shape index (κ1) is 16.5. The van der Waals surface area contributed by atoms with Gasteiger partial charge < -0.3 is 5.32 Å². The normalized spacial score (nSPS) is 20.0. The summed E-state index contributed by atoms with van der Waals surface area (Å²) in [6, 6.07) is 9.87. The number of rotatable bonds is 3. The quantitative estimate of drug-likeness (QED) is 0.717. The Kier molecular flexibility index (Phi) is 3.66. The Morgan fingerprint density at radius 3 is 2.73 bits per heavy atom. The zero-order valence-electron chi connectivity index (χ0n) is 14.2. The van der Waals surface area contributed by atoms with Gasteiger partial charge in [-0.3, -0.25) is 18.9 Å². The minimum absolute atomic E-state index is 0.0503. The van der Waals surface area contributed by atoms with E-state index in [4.69, 9.17) is 0 Å². The molecule has 1 unspecified atom stereocenters. The number of amides is 3. The molecule has 1 aliphatic heterocycles. The monoisotopic (exact) mass is 368 g/mol. The summed E-state index contributed by atoms with van der Waals surface area (Å²) in [5.41, 5.74) is 0.302. The number of urea groups is 1. The van der Waals surface area contributed by atoms with Crippen molar-refractivity contribution in [2.24, 2.45) is 0 Å². The molecule has 132 valence electrons. The smallest absolute Gasteiger partial charge is 0.319 e. The van der Waals surface area contributed by atoms with E-state index in [-0.39, 0.29) is 18.0 Å². The van der Waals surface area contributed by atoms with E-state index in [0.717, 1.165) is 15.5 Å². The molecule has 1 saturated heterocycles. The molecule has 0 aromatic carbocycles. The Morgan fingerprint density at radius 1 is 1.19 bits per heavy atom. The van der Waals surface area contributed by atoms with E-state index in [9.17, 15) is 14.4 Å². The highest BCUT2D eigenvalue weighted by molar-refractivity contribution is 7.10. The van der Waals surface area contributed by atoms with Crippen LogP contribution in [0.25, 0.3) is 5.65 Å². The summed E-state index contributed by atoms with van der Waals surface area (Å²) >= 11 is 1.41. The molecule has 0 aliphatic carbocycles. The van der Waals surface area contributed by atoms with Crippen LogP contribution in [0.4, 0.5) is 4.79 Å². The lowest BCUT2D eigenvalue weighted by atomic mass is 10.0. The molecule has 0 radical (unpaired) electrons. The van der Waals surface area contributed by atoms with Gasteiger partial charge in [0, 0.05) is 16.6 Å². The van der Waals surface area contributed by atoms with Crippen LogP contribution in [0.3, 0.4) is 0 Å². The maximum atomic E-state index is 12.9. The topological polar surface area (TPSA) is 83.8 Å². The molecule has 1 aliphatic rings. The van der Waals surface area contributed by atoms with Gasteiger partial charge in [0.2, 0.25) is 0 Å². The summed E-state index contributed by atoms with van der Waals surface area (Å²) in [7, 11) is 0. The van der Waals surface area contributed by atoms with Crippen LogP contribution in [0.5, 0.6) is 0 Å². The van der Waals surface area contributed by atoms with Crippen LogP contribution in [0, 0.1) is 6.92 Å². The van der Waals surface area contributed by atoms with Crippen LogP contribution in [0.2, 0.25) is 0 Å². The molecule has 3 aromatic rings. The number of nitrogens with zero attached hydrogens (tertiary/aromatic N) is 3. The number of carbonyl (C=O) groups is 2. The molecule has 7 nitrogen and oxygen atoms in total. The van der Waals surface area contributed by atoms with Crippen molar-refractivity contribution in [1.29, 1.82) is 0 Å². The predicted molar refractivity (Wildman–Crippen MR) is 97.0 cm³/mol. The molecule has 0 spiro atoms. The number of aryl methyl sites for hydroxylation is 1. The fourth-order valence-corrected chi connectivity index (χ4v) is 4.01. The van der Waals surface area contributed by atoms with E-state index in [2.05, 4.69) is 10.3 Å². The largest absolute Gasteiger partial charge is 0.325 e. The number of fused-ring (bicyclic) bond motifs is 1. The van der Waals surface area contributed by atoms with Gasteiger partial charge in [-0.05, 0) is 37.4 Å². The fraction of sp³-hybridized carbons (Fsp3) is 0.222. The Balaban J connectivity index is 1.70. The first-order chi connectivity index (χ1) is 12.4. The maximum Gasteiger partial charge on any atom is 0.325 e. The van der Waals surface area contributed by atoms with E-state index in [1.807, 2.05) is 36.6 Å². The Labute approximate surface area is 152 Å². The van der Waals surface area contributed by atoms with Crippen LogP contribution in [-0.4, -0.2) is 26.2 Å². The number of aromatic nitrogens is 2. The van der Waals surface area contributed by atoms with Crippen LogP contribution in [0.15, 0.2) is 46.6 Å². The molecule has 0 saturated carbocycles. The van der Waals surface area contributed by atoms with Crippen molar-refractivity contribution in [2.75, 3.05) is 0 Å². The molecule has 8 heteroatoms. The number of thiophene rings is 1. The van der Waals surface area contributed by atoms with Crippen LogP contribution in [-0.2, 0) is 16.9 Å². The van der Waals surface area contributed by atoms with Crippen molar-refractivity contribution in [1.82, 2.24) is 19.6 Å². The van der Waals surface area contributed by atoms with Crippen molar-refractivity contribution in [3.8, 4) is 0 Å². The summed E-state index contributed by atoms with van der Waals surface area (Å²) in [6.07, 6.45) is 0. The number of hydrogen-bond acceptors (Lipinski definition) is 5. The van der Waals surface area contributed by atoms with Gasteiger partial charge in [-0.2, -0.15) is 0 Å². The lowest BCUT2D eigenvalue weighted by molar-refractivity contribution is -0.131. The third-order valence-electron chi connectivity index (χ3n) is 4.54. The number of imide groups is 1. The summed E-state index contributed by atoms with van der Waals surface area (Å²) in [6.45, 7) is 3.45. The standard InChI is InChI=1S/C18H16N4O3S/c1-11-5-3-7-14-19-12(9-15(23)22(11)14)10-21-16(24)18(2,20-17(21)25)13-6-4-8-26-13/h3-9H,10H2,1-2H3,(H,20,25). The van der Waals surface area contributed by atoms with E-state index in [1.165, 1.54) is 21.8 Å². The van der Waals surface area contributed by atoms with Crippen molar-refractivity contribution in [3.63, 3.8) is 0 Å². The van der Waals surface area contributed by atoms with E-state index in [0.29, 0.717) is 11.3 Å². The van der Waals surface area contributed by atoms with Crippen molar-refractivity contribution in [2.45, 2.75) is 25.9 Å². The van der Waals surface area contributed by atoms with Crippen LogP contribution in [0.1, 0.15) is 23.2 Å². The second kappa shape index (κ2) is 5.77. The number of pyridine rings is 1. The van der Waals surface area contributed by atoms with Crippen molar-refractivity contribution in [3.05, 3.63) is 68.4 Å². The molecule has 3 amide bonds. The highest BCUT2D eigenvalue weighted by atomic mass is 32.1.